The lowest BCUT2D eigenvalue weighted by Gasteiger charge is -2.35. The van der Waals surface area contributed by atoms with Crippen LogP contribution in [0, 0.1) is 17.3 Å². The maximum absolute atomic E-state index is 11.7. The molecule has 0 aliphatic rings. The van der Waals surface area contributed by atoms with Crippen LogP contribution in [0.4, 0.5) is 0 Å². The molecule has 7 heteroatoms. The largest absolute Gasteiger partial charge is 0.381 e. The first-order valence-corrected chi connectivity index (χ1v) is 11.6. The minimum Gasteiger partial charge on any atom is -0.381 e. The number of carbonyl (C=O) groups excluding carboxylic acids is 1. The van der Waals surface area contributed by atoms with Crippen LogP contribution in [0.5, 0.6) is 0 Å². The fraction of sp³-hybridized carbons (Fsp3) is 0.957. The summed E-state index contributed by atoms with van der Waals surface area (Å²) in [5.41, 5.74) is 16.9. The molecular weight excluding hydrogens is 382 g/mol. The van der Waals surface area contributed by atoms with Gasteiger partial charge in [0.15, 0.2) is 0 Å². The van der Waals surface area contributed by atoms with Gasteiger partial charge in [0.1, 0.15) is 5.78 Å². The van der Waals surface area contributed by atoms with E-state index in [1.807, 2.05) is 13.8 Å². The van der Waals surface area contributed by atoms with Crippen LogP contribution in [0.2, 0.25) is 0 Å². The van der Waals surface area contributed by atoms with Crippen molar-refractivity contribution in [2.45, 2.75) is 78.8 Å². The third-order valence-corrected chi connectivity index (χ3v) is 5.40. The lowest BCUT2D eigenvalue weighted by atomic mass is 9.80. The average Bonchev–Trinajstić information content (AvgIpc) is 2.65. The lowest BCUT2D eigenvalue weighted by Crippen LogP contribution is -2.40. The minimum atomic E-state index is -0.178. The predicted octanol–water partition coefficient (Wildman–Crippen LogP) is 2.49. The molecule has 0 aromatic rings. The number of nitrogens with two attached hydrogens (primary N) is 3. The molecule has 0 fully saturated rings. The highest BCUT2D eigenvalue weighted by atomic mass is 16.5. The van der Waals surface area contributed by atoms with E-state index in [-0.39, 0.29) is 23.4 Å². The van der Waals surface area contributed by atoms with E-state index in [4.69, 9.17) is 31.4 Å². The molecule has 30 heavy (non-hydrogen) atoms. The van der Waals surface area contributed by atoms with Crippen molar-refractivity contribution in [2.75, 3.05) is 46.2 Å². The Morgan fingerprint density at radius 3 is 1.87 bits per heavy atom. The summed E-state index contributed by atoms with van der Waals surface area (Å²) in [6, 6.07) is 0.0163. The van der Waals surface area contributed by atoms with Crippen LogP contribution < -0.4 is 17.2 Å². The molecule has 0 spiro atoms. The lowest BCUT2D eigenvalue weighted by molar-refractivity contribution is -0.119. The molecule has 0 bridgehead atoms. The molecule has 0 aliphatic carbocycles. The molecule has 0 aromatic carbocycles. The standard InChI is InChI=1S/C23H49N3O4/c1-18(8-6-9-22(27)10-7-11-24)12-28-13-19(2)23(5,16-29-14-20(3)25)17-30-15-21(4)26/h18-21H,6-17,24-26H2,1-5H3. The van der Waals surface area contributed by atoms with E-state index >= 15 is 0 Å². The number of ketones is 1. The van der Waals surface area contributed by atoms with Gasteiger partial charge in [-0.05, 0) is 51.5 Å². The Morgan fingerprint density at radius 1 is 0.833 bits per heavy atom. The molecule has 0 heterocycles. The molecule has 0 aromatic heterocycles. The van der Waals surface area contributed by atoms with Gasteiger partial charge >= 0.3 is 0 Å². The van der Waals surface area contributed by atoms with E-state index < -0.39 is 0 Å². The Hall–Kier alpha value is -0.570. The van der Waals surface area contributed by atoms with Crippen molar-refractivity contribution in [1.82, 2.24) is 0 Å². The van der Waals surface area contributed by atoms with Gasteiger partial charge in [0.05, 0.1) is 26.4 Å². The summed E-state index contributed by atoms with van der Waals surface area (Å²) < 4.78 is 17.7. The first kappa shape index (κ1) is 29.4. The number of hydrogen-bond acceptors (Lipinski definition) is 7. The molecule has 0 rings (SSSR count). The van der Waals surface area contributed by atoms with Crippen molar-refractivity contribution in [3.05, 3.63) is 0 Å². The summed E-state index contributed by atoms with van der Waals surface area (Å²) in [6.07, 6.45) is 3.95. The van der Waals surface area contributed by atoms with Crippen molar-refractivity contribution >= 4 is 5.78 Å². The van der Waals surface area contributed by atoms with Gasteiger partial charge in [-0.2, -0.15) is 0 Å². The van der Waals surface area contributed by atoms with Crippen LogP contribution in [0.3, 0.4) is 0 Å². The van der Waals surface area contributed by atoms with Gasteiger partial charge in [0.25, 0.3) is 0 Å². The highest BCUT2D eigenvalue weighted by Crippen LogP contribution is 2.29. The second kappa shape index (κ2) is 17.0. The van der Waals surface area contributed by atoms with Crippen LogP contribution in [0.1, 0.15) is 66.7 Å². The maximum Gasteiger partial charge on any atom is 0.132 e. The highest BCUT2D eigenvalue weighted by molar-refractivity contribution is 5.78. The third kappa shape index (κ3) is 15.3. The van der Waals surface area contributed by atoms with E-state index in [0.29, 0.717) is 70.7 Å². The van der Waals surface area contributed by atoms with Gasteiger partial charge in [-0.25, -0.2) is 0 Å². The topological polar surface area (TPSA) is 123 Å². The Bertz CT molecular complexity index is 419. The Balaban J connectivity index is 4.33. The Labute approximate surface area is 184 Å². The van der Waals surface area contributed by atoms with Gasteiger partial charge < -0.3 is 31.4 Å². The fourth-order valence-electron chi connectivity index (χ4n) is 3.08. The predicted molar refractivity (Wildman–Crippen MR) is 123 cm³/mol. The number of hydrogen-bond donors (Lipinski definition) is 3. The van der Waals surface area contributed by atoms with E-state index in [1.54, 1.807) is 0 Å². The number of carbonyl (C=O) groups is 1. The molecule has 0 radical (unpaired) electrons. The number of rotatable bonds is 20. The molecule has 0 saturated carbocycles. The van der Waals surface area contributed by atoms with Gasteiger partial charge in [0, 0.05) is 43.6 Å². The van der Waals surface area contributed by atoms with Gasteiger partial charge in [-0.1, -0.05) is 20.8 Å². The van der Waals surface area contributed by atoms with E-state index in [1.165, 1.54) is 0 Å². The van der Waals surface area contributed by atoms with Crippen molar-refractivity contribution < 1.29 is 19.0 Å². The second-order valence-electron chi connectivity index (χ2n) is 9.51. The van der Waals surface area contributed by atoms with E-state index in [2.05, 4.69) is 20.8 Å². The summed E-state index contributed by atoms with van der Waals surface area (Å²) in [5.74, 6) is 0.995. The molecule has 4 unspecified atom stereocenters. The highest BCUT2D eigenvalue weighted by Gasteiger charge is 2.32. The summed E-state index contributed by atoms with van der Waals surface area (Å²) >= 11 is 0. The van der Waals surface area contributed by atoms with Crippen molar-refractivity contribution in [3.63, 3.8) is 0 Å². The SMILES string of the molecule is CC(N)COCC(C)(COCC(C)N)C(C)COCC(C)CCCC(=O)CCCN. The van der Waals surface area contributed by atoms with E-state index in [0.717, 1.165) is 19.3 Å². The van der Waals surface area contributed by atoms with Crippen molar-refractivity contribution in [3.8, 4) is 0 Å². The van der Waals surface area contributed by atoms with Crippen LogP contribution in [-0.2, 0) is 19.0 Å². The summed E-state index contributed by atoms with van der Waals surface area (Å²) in [6.45, 7) is 14.5. The number of Topliss-reactive ketones (excluding diaryl/α,β-unsaturated/α-hetero) is 1. The van der Waals surface area contributed by atoms with Crippen LogP contribution in [-0.4, -0.2) is 64.1 Å². The first-order valence-electron chi connectivity index (χ1n) is 11.6. The van der Waals surface area contributed by atoms with Gasteiger partial charge in [-0.15, -0.1) is 0 Å². The van der Waals surface area contributed by atoms with Gasteiger partial charge in [0.2, 0.25) is 0 Å². The summed E-state index contributed by atoms with van der Waals surface area (Å²) in [4.78, 5) is 11.7. The molecule has 7 nitrogen and oxygen atoms in total. The maximum atomic E-state index is 11.7. The Kier molecular flexibility index (Phi) is 16.7. The third-order valence-electron chi connectivity index (χ3n) is 5.40. The quantitative estimate of drug-likeness (QED) is 0.270. The molecule has 0 saturated heterocycles. The van der Waals surface area contributed by atoms with Crippen LogP contribution in [0.25, 0.3) is 0 Å². The molecule has 180 valence electrons. The second-order valence-corrected chi connectivity index (χ2v) is 9.51. The molecular formula is C23H49N3O4. The Morgan fingerprint density at radius 2 is 1.37 bits per heavy atom. The fourth-order valence-corrected chi connectivity index (χ4v) is 3.08. The van der Waals surface area contributed by atoms with Crippen LogP contribution in [0.15, 0.2) is 0 Å². The van der Waals surface area contributed by atoms with Crippen molar-refractivity contribution in [1.29, 1.82) is 0 Å². The molecule has 0 aliphatic heterocycles. The number of ether oxygens (including phenoxy) is 3. The van der Waals surface area contributed by atoms with Crippen molar-refractivity contribution in [2.24, 2.45) is 34.5 Å². The average molecular weight is 432 g/mol. The summed E-state index contributed by atoms with van der Waals surface area (Å²) in [5, 5.41) is 0. The van der Waals surface area contributed by atoms with Crippen LogP contribution >= 0.6 is 0 Å². The smallest absolute Gasteiger partial charge is 0.132 e. The zero-order valence-corrected chi connectivity index (χ0v) is 20.2. The molecule has 0 amide bonds. The van der Waals surface area contributed by atoms with Gasteiger partial charge in [-0.3, -0.25) is 4.79 Å². The monoisotopic (exact) mass is 431 g/mol. The molecule has 6 N–H and O–H groups in total. The molecule has 4 atom stereocenters. The first-order chi connectivity index (χ1) is 14.1. The zero-order chi connectivity index (χ0) is 23.0. The van der Waals surface area contributed by atoms with E-state index in [9.17, 15) is 4.79 Å². The zero-order valence-electron chi connectivity index (χ0n) is 20.2. The minimum absolute atomic E-state index is 0.00817. The summed E-state index contributed by atoms with van der Waals surface area (Å²) in [7, 11) is 0. The normalized spacial score (nSPS) is 17.9.